The van der Waals surface area contributed by atoms with E-state index in [0.717, 1.165) is 32.6 Å². The molecule has 0 saturated heterocycles. The van der Waals surface area contributed by atoms with Gasteiger partial charge in [0.2, 0.25) is 0 Å². The second kappa shape index (κ2) is 8.37. The molecule has 20 heavy (non-hydrogen) atoms. The second-order valence-electron chi connectivity index (χ2n) is 5.46. The van der Waals surface area contributed by atoms with Crippen molar-refractivity contribution in [1.82, 2.24) is 10.2 Å². The lowest BCUT2D eigenvalue weighted by Crippen LogP contribution is -2.39. The van der Waals surface area contributed by atoms with Crippen LogP contribution in [0.5, 0.6) is 0 Å². The zero-order chi connectivity index (χ0) is 14.2. The number of aliphatic hydroxyl groups excluding tert-OH is 1. The molecule has 1 unspecified atom stereocenters. The van der Waals surface area contributed by atoms with Crippen molar-refractivity contribution < 1.29 is 9.84 Å². The van der Waals surface area contributed by atoms with E-state index >= 15 is 0 Å². The van der Waals surface area contributed by atoms with E-state index in [9.17, 15) is 5.11 Å². The molecular formula is C16H26N2O2. The highest BCUT2D eigenvalue weighted by atomic mass is 16.5. The molecule has 2 N–H and O–H groups in total. The van der Waals surface area contributed by atoms with Crippen molar-refractivity contribution in [3.05, 3.63) is 35.4 Å². The first-order valence-corrected chi connectivity index (χ1v) is 7.46. The minimum Gasteiger partial charge on any atom is -0.390 e. The van der Waals surface area contributed by atoms with Crippen LogP contribution in [0.15, 0.2) is 24.3 Å². The fourth-order valence-corrected chi connectivity index (χ4v) is 2.73. The number of methoxy groups -OCH3 is 1. The van der Waals surface area contributed by atoms with Gasteiger partial charge in [-0.1, -0.05) is 24.3 Å². The van der Waals surface area contributed by atoms with Crippen molar-refractivity contribution in [1.29, 1.82) is 0 Å². The lowest BCUT2D eigenvalue weighted by Gasteiger charge is -2.23. The molecule has 1 heterocycles. The Morgan fingerprint density at radius 1 is 1.35 bits per heavy atom. The zero-order valence-corrected chi connectivity index (χ0v) is 12.3. The van der Waals surface area contributed by atoms with Gasteiger partial charge in [-0.2, -0.15) is 0 Å². The Balaban J connectivity index is 1.78. The van der Waals surface area contributed by atoms with Crippen LogP contribution in [0.4, 0.5) is 0 Å². The van der Waals surface area contributed by atoms with Crippen LogP contribution in [0.2, 0.25) is 0 Å². The fourth-order valence-electron chi connectivity index (χ4n) is 2.73. The number of hydrogen-bond acceptors (Lipinski definition) is 4. The molecule has 0 amide bonds. The number of aliphatic hydroxyl groups is 1. The summed E-state index contributed by atoms with van der Waals surface area (Å²) in [6.07, 6.45) is 1.99. The number of rotatable bonds is 7. The van der Waals surface area contributed by atoms with Crippen LogP contribution in [0.3, 0.4) is 0 Å². The minimum atomic E-state index is -0.322. The lowest BCUT2D eigenvalue weighted by molar-refractivity contribution is 0.105. The standard InChI is InChI=1S/C16H26N2O2/c1-20-10-8-17-11-16(19)13-18-9-4-7-14-5-2-3-6-15(14)12-18/h2-3,5-6,16-17,19H,4,7-13H2,1H3. The molecule has 0 saturated carbocycles. The minimum absolute atomic E-state index is 0.322. The molecule has 4 heteroatoms. The summed E-state index contributed by atoms with van der Waals surface area (Å²) < 4.78 is 4.97. The van der Waals surface area contributed by atoms with Crippen LogP contribution < -0.4 is 5.32 Å². The SMILES string of the molecule is COCCNCC(O)CN1CCCc2ccccc2C1. The van der Waals surface area contributed by atoms with Gasteiger partial charge < -0.3 is 15.2 Å². The predicted molar refractivity (Wildman–Crippen MR) is 80.8 cm³/mol. The number of nitrogens with one attached hydrogen (secondary N) is 1. The van der Waals surface area contributed by atoms with Crippen LogP contribution >= 0.6 is 0 Å². The molecule has 0 bridgehead atoms. The van der Waals surface area contributed by atoms with Crippen molar-refractivity contribution in [2.75, 3.05) is 39.9 Å². The summed E-state index contributed by atoms with van der Waals surface area (Å²) in [5.41, 5.74) is 2.87. The molecule has 0 spiro atoms. The predicted octanol–water partition coefficient (Wildman–Crippen LogP) is 1.03. The van der Waals surface area contributed by atoms with E-state index in [0.29, 0.717) is 13.2 Å². The summed E-state index contributed by atoms with van der Waals surface area (Å²) in [4.78, 5) is 2.36. The van der Waals surface area contributed by atoms with E-state index in [2.05, 4.69) is 34.5 Å². The van der Waals surface area contributed by atoms with Gasteiger partial charge in [-0.15, -0.1) is 0 Å². The third kappa shape index (κ3) is 4.87. The van der Waals surface area contributed by atoms with Crippen molar-refractivity contribution >= 4 is 0 Å². The third-order valence-corrected chi connectivity index (χ3v) is 3.76. The Kier molecular flexibility index (Phi) is 6.47. The molecule has 1 aliphatic heterocycles. The van der Waals surface area contributed by atoms with Crippen LogP contribution in [0, 0.1) is 0 Å². The van der Waals surface area contributed by atoms with Crippen molar-refractivity contribution in [2.45, 2.75) is 25.5 Å². The maximum Gasteiger partial charge on any atom is 0.0791 e. The topological polar surface area (TPSA) is 44.7 Å². The first kappa shape index (κ1) is 15.4. The number of aryl methyl sites for hydroxylation is 1. The lowest BCUT2D eigenvalue weighted by atomic mass is 10.0. The van der Waals surface area contributed by atoms with Crippen LogP contribution in [0.1, 0.15) is 17.5 Å². The van der Waals surface area contributed by atoms with Gasteiger partial charge in [-0.05, 0) is 30.5 Å². The monoisotopic (exact) mass is 278 g/mol. The number of nitrogens with zero attached hydrogens (tertiary/aromatic N) is 1. The van der Waals surface area contributed by atoms with Crippen LogP contribution in [0.25, 0.3) is 0 Å². The number of hydrogen-bond donors (Lipinski definition) is 2. The Morgan fingerprint density at radius 2 is 2.15 bits per heavy atom. The summed E-state index contributed by atoms with van der Waals surface area (Å²) in [6.45, 7) is 4.84. The number of β-amino-alcohol motifs (C(OH)–C–C–N with tert-alkyl or cyclic N) is 1. The highest BCUT2D eigenvalue weighted by molar-refractivity contribution is 5.28. The van der Waals surface area contributed by atoms with Crippen LogP contribution in [-0.2, 0) is 17.7 Å². The quantitative estimate of drug-likeness (QED) is 0.731. The first-order valence-electron chi connectivity index (χ1n) is 7.46. The molecule has 0 radical (unpaired) electrons. The largest absolute Gasteiger partial charge is 0.390 e. The summed E-state index contributed by atoms with van der Waals surface area (Å²) >= 11 is 0. The summed E-state index contributed by atoms with van der Waals surface area (Å²) in [6, 6.07) is 8.65. The molecule has 0 fully saturated rings. The highest BCUT2D eigenvalue weighted by Crippen LogP contribution is 2.18. The second-order valence-corrected chi connectivity index (χ2v) is 5.46. The molecule has 1 aliphatic rings. The Hall–Kier alpha value is -0.940. The Labute approximate surface area is 121 Å². The van der Waals surface area contributed by atoms with E-state index < -0.39 is 0 Å². The smallest absolute Gasteiger partial charge is 0.0791 e. The fraction of sp³-hybridized carbons (Fsp3) is 0.625. The van der Waals surface area contributed by atoms with Gasteiger partial charge in [0.05, 0.1) is 12.7 Å². The number of fused-ring (bicyclic) bond motifs is 1. The Morgan fingerprint density at radius 3 is 2.95 bits per heavy atom. The van der Waals surface area contributed by atoms with Gasteiger partial charge in [0, 0.05) is 33.3 Å². The van der Waals surface area contributed by atoms with Gasteiger partial charge in [0.1, 0.15) is 0 Å². The number of benzene rings is 1. The van der Waals surface area contributed by atoms with E-state index in [-0.39, 0.29) is 6.10 Å². The van der Waals surface area contributed by atoms with Gasteiger partial charge >= 0.3 is 0 Å². The molecule has 0 aliphatic carbocycles. The number of ether oxygens (including phenoxy) is 1. The van der Waals surface area contributed by atoms with E-state index in [1.54, 1.807) is 7.11 Å². The molecule has 1 aromatic carbocycles. The summed E-state index contributed by atoms with van der Waals surface area (Å²) in [5.74, 6) is 0. The third-order valence-electron chi connectivity index (χ3n) is 3.76. The van der Waals surface area contributed by atoms with Gasteiger partial charge in [0.15, 0.2) is 0 Å². The van der Waals surface area contributed by atoms with Crippen molar-refractivity contribution in [2.24, 2.45) is 0 Å². The molecule has 1 aromatic rings. The average Bonchev–Trinajstić information content (AvgIpc) is 2.65. The molecule has 4 nitrogen and oxygen atoms in total. The molecule has 0 aromatic heterocycles. The zero-order valence-electron chi connectivity index (χ0n) is 12.3. The van der Waals surface area contributed by atoms with Gasteiger partial charge in [-0.25, -0.2) is 0 Å². The van der Waals surface area contributed by atoms with E-state index in [1.165, 1.54) is 17.5 Å². The highest BCUT2D eigenvalue weighted by Gasteiger charge is 2.16. The molecular weight excluding hydrogens is 252 g/mol. The average molecular weight is 278 g/mol. The van der Waals surface area contributed by atoms with Crippen molar-refractivity contribution in [3.8, 4) is 0 Å². The Bertz CT molecular complexity index is 398. The maximum absolute atomic E-state index is 10.1. The molecule has 2 rings (SSSR count). The first-order chi connectivity index (χ1) is 9.79. The van der Waals surface area contributed by atoms with Crippen LogP contribution in [-0.4, -0.2) is 56.0 Å². The van der Waals surface area contributed by atoms with E-state index in [4.69, 9.17) is 4.74 Å². The van der Waals surface area contributed by atoms with Gasteiger partial charge in [-0.3, -0.25) is 4.90 Å². The maximum atomic E-state index is 10.1. The van der Waals surface area contributed by atoms with Crippen molar-refractivity contribution in [3.63, 3.8) is 0 Å². The normalized spacial score (nSPS) is 17.5. The summed E-state index contributed by atoms with van der Waals surface area (Å²) in [5, 5.41) is 13.3. The van der Waals surface area contributed by atoms with Gasteiger partial charge in [0.25, 0.3) is 0 Å². The molecule has 1 atom stereocenters. The molecule has 112 valence electrons. The van der Waals surface area contributed by atoms with E-state index in [1.807, 2.05) is 0 Å². The summed E-state index contributed by atoms with van der Waals surface area (Å²) in [7, 11) is 1.69.